The molecule has 0 radical (unpaired) electrons. The highest BCUT2D eigenvalue weighted by Gasteiger charge is 2.41. The van der Waals surface area contributed by atoms with E-state index in [-0.39, 0.29) is 34.6 Å². The molecule has 1 saturated heterocycles. The molecule has 1 aliphatic heterocycles. The topological polar surface area (TPSA) is 96.3 Å². The van der Waals surface area contributed by atoms with Crippen molar-refractivity contribution in [1.82, 2.24) is 29.5 Å². The number of aromatic amines is 1. The van der Waals surface area contributed by atoms with Gasteiger partial charge in [-0.15, -0.1) is 0 Å². The molecule has 190 valence electrons. The summed E-state index contributed by atoms with van der Waals surface area (Å²) in [5.41, 5.74) is 3.49. The van der Waals surface area contributed by atoms with Crippen LogP contribution in [0.5, 0.6) is 0 Å². The number of hydrogen-bond acceptors (Lipinski definition) is 5. The van der Waals surface area contributed by atoms with Gasteiger partial charge < -0.3 is 4.90 Å². The predicted octanol–water partition coefficient (Wildman–Crippen LogP) is 4.31. The van der Waals surface area contributed by atoms with Crippen LogP contribution in [0.25, 0.3) is 28.3 Å². The van der Waals surface area contributed by atoms with Crippen molar-refractivity contribution in [2.75, 3.05) is 13.2 Å². The van der Waals surface area contributed by atoms with Crippen molar-refractivity contribution in [2.45, 2.75) is 45.1 Å². The first-order chi connectivity index (χ1) is 18.0. The number of likely N-dealkylation sites (tertiary alicyclic amines) is 1. The highest BCUT2D eigenvalue weighted by atomic mass is 19.1. The summed E-state index contributed by atoms with van der Waals surface area (Å²) in [7, 11) is 0. The summed E-state index contributed by atoms with van der Waals surface area (Å²) in [6, 6.07) is 9.40. The van der Waals surface area contributed by atoms with Gasteiger partial charge in [0.1, 0.15) is 11.3 Å². The zero-order valence-corrected chi connectivity index (χ0v) is 20.7. The Hall–Kier alpha value is -3.88. The maximum absolute atomic E-state index is 13.7. The molecule has 0 bridgehead atoms. The first-order valence-corrected chi connectivity index (χ1v) is 12.9. The first-order valence-electron chi connectivity index (χ1n) is 12.9. The molecule has 1 aliphatic carbocycles. The number of amides is 1. The van der Waals surface area contributed by atoms with Gasteiger partial charge in [0.2, 0.25) is 0 Å². The largest absolute Gasteiger partial charge is 0.335 e. The number of nitrogens with one attached hydrogen (secondary N) is 1. The van der Waals surface area contributed by atoms with E-state index in [0.29, 0.717) is 23.6 Å². The quantitative estimate of drug-likeness (QED) is 0.426. The number of H-pyrrole nitrogens is 1. The SMILES string of the molecule is CC1[C@@H](CF)CN1C(=O)c1c(-c2cnccn2)[nH]n2c(=O)cc(-c3ccc(CC4CCCC4)cc3)nc12. The normalized spacial score (nSPS) is 19.9. The molecule has 6 rings (SSSR count). The van der Waals surface area contributed by atoms with E-state index in [0.717, 1.165) is 17.9 Å². The minimum atomic E-state index is -0.478. The average Bonchev–Trinajstić information content (AvgIpc) is 3.57. The maximum atomic E-state index is 13.7. The summed E-state index contributed by atoms with van der Waals surface area (Å²) in [5.74, 6) is 0.245. The number of carbonyl (C=O) groups excluding carboxylic acids is 1. The van der Waals surface area contributed by atoms with Gasteiger partial charge in [-0.3, -0.25) is 29.0 Å². The summed E-state index contributed by atoms with van der Waals surface area (Å²) in [4.78, 5) is 41.7. The lowest BCUT2D eigenvalue weighted by Gasteiger charge is -2.45. The Kier molecular flexibility index (Phi) is 6.06. The number of nitrogens with zero attached hydrogens (tertiary/aromatic N) is 5. The fourth-order valence-electron chi connectivity index (χ4n) is 5.64. The monoisotopic (exact) mass is 500 g/mol. The zero-order chi connectivity index (χ0) is 25.5. The van der Waals surface area contributed by atoms with Gasteiger partial charge >= 0.3 is 0 Å². The number of benzene rings is 1. The summed E-state index contributed by atoms with van der Waals surface area (Å²) >= 11 is 0. The number of aromatic nitrogens is 5. The molecular weight excluding hydrogens is 471 g/mol. The highest BCUT2D eigenvalue weighted by Crippen LogP contribution is 2.32. The van der Waals surface area contributed by atoms with Crippen molar-refractivity contribution in [1.29, 1.82) is 0 Å². The van der Waals surface area contributed by atoms with Crippen LogP contribution in [0.3, 0.4) is 0 Å². The molecule has 2 fully saturated rings. The van der Waals surface area contributed by atoms with Gasteiger partial charge in [-0.2, -0.15) is 0 Å². The summed E-state index contributed by atoms with van der Waals surface area (Å²) in [5, 5.41) is 3.02. The minimum absolute atomic E-state index is 0.192. The van der Waals surface area contributed by atoms with E-state index in [1.807, 2.05) is 19.1 Å². The highest BCUT2D eigenvalue weighted by molar-refractivity contribution is 6.05. The van der Waals surface area contributed by atoms with Crippen LogP contribution in [-0.2, 0) is 6.42 Å². The van der Waals surface area contributed by atoms with E-state index in [4.69, 9.17) is 4.98 Å². The molecule has 8 nitrogen and oxygen atoms in total. The smallest absolute Gasteiger partial charge is 0.273 e. The van der Waals surface area contributed by atoms with Crippen molar-refractivity contribution in [2.24, 2.45) is 11.8 Å². The molecule has 37 heavy (non-hydrogen) atoms. The average molecular weight is 501 g/mol. The lowest BCUT2D eigenvalue weighted by atomic mass is 9.90. The van der Waals surface area contributed by atoms with E-state index in [1.54, 1.807) is 4.90 Å². The number of fused-ring (bicyclic) bond motifs is 1. The number of carbonyl (C=O) groups is 1. The third kappa shape index (κ3) is 4.22. The van der Waals surface area contributed by atoms with Crippen LogP contribution in [0.15, 0.2) is 53.7 Å². The van der Waals surface area contributed by atoms with E-state index >= 15 is 0 Å². The lowest BCUT2D eigenvalue weighted by Crippen LogP contribution is -2.58. The van der Waals surface area contributed by atoms with Crippen LogP contribution in [0.2, 0.25) is 0 Å². The van der Waals surface area contributed by atoms with Crippen molar-refractivity contribution in [3.63, 3.8) is 0 Å². The van der Waals surface area contributed by atoms with Crippen LogP contribution in [0.4, 0.5) is 4.39 Å². The second kappa shape index (κ2) is 9.53. The predicted molar refractivity (Wildman–Crippen MR) is 138 cm³/mol. The molecule has 1 saturated carbocycles. The number of alkyl halides is 1. The molecule has 2 aliphatic rings. The fourth-order valence-corrected chi connectivity index (χ4v) is 5.64. The first kappa shape index (κ1) is 23.5. The molecule has 1 aromatic carbocycles. The maximum Gasteiger partial charge on any atom is 0.273 e. The summed E-state index contributed by atoms with van der Waals surface area (Å²) < 4.78 is 14.6. The Morgan fingerprint density at radius 2 is 1.92 bits per heavy atom. The Balaban J connectivity index is 1.42. The van der Waals surface area contributed by atoms with Crippen molar-refractivity contribution in [3.05, 3.63) is 70.4 Å². The van der Waals surface area contributed by atoms with Crippen molar-refractivity contribution >= 4 is 11.6 Å². The molecule has 3 aromatic heterocycles. The molecular formula is C28H29FN6O2. The minimum Gasteiger partial charge on any atom is -0.335 e. The second-order valence-corrected chi connectivity index (χ2v) is 10.3. The molecule has 1 unspecified atom stereocenters. The van der Waals surface area contributed by atoms with Crippen LogP contribution < -0.4 is 5.56 Å². The number of rotatable bonds is 6. The van der Waals surface area contributed by atoms with Crippen LogP contribution in [0.1, 0.15) is 48.5 Å². The Morgan fingerprint density at radius 3 is 2.59 bits per heavy atom. The standard InChI is InChI=1S/C28H29FN6O2/c1-17-21(14-29)16-34(17)28(37)25-26(23-15-30-10-11-31-23)33-35-24(36)13-22(32-27(25)35)20-8-6-19(7-9-20)12-18-4-2-3-5-18/h6-11,13,15,17-18,21,33H,2-5,12,14,16H2,1H3/t17?,21-/m0/s1. The molecule has 0 spiro atoms. The Labute approximate surface area is 213 Å². The number of halogens is 1. The third-order valence-electron chi connectivity index (χ3n) is 7.96. The Bertz CT molecular complexity index is 1490. The van der Waals surface area contributed by atoms with Gasteiger partial charge in [-0.25, -0.2) is 9.50 Å². The molecule has 9 heteroatoms. The van der Waals surface area contributed by atoms with Crippen molar-refractivity contribution < 1.29 is 9.18 Å². The Morgan fingerprint density at radius 1 is 1.14 bits per heavy atom. The van der Waals surface area contributed by atoms with Gasteiger partial charge in [0.25, 0.3) is 11.5 Å². The van der Waals surface area contributed by atoms with Crippen LogP contribution in [-0.4, -0.2) is 54.6 Å². The fraction of sp³-hybridized carbons (Fsp3) is 0.393. The molecule has 4 heterocycles. The van der Waals surface area contributed by atoms with Crippen LogP contribution in [0, 0.1) is 11.8 Å². The third-order valence-corrected chi connectivity index (χ3v) is 7.96. The van der Waals surface area contributed by atoms with Gasteiger partial charge in [0, 0.05) is 42.5 Å². The van der Waals surface area contributed by atoms with E-state index in [2.05, 4.69) is 27.2 Å². The summed E-state index contributed by atoms with van der Waals surface area (Å²) in [6.45, 7) is 1.68. The van der Waals surface area contributed by atoms with Gasteiger partial charge in [-0.05, 0) is 24.8 Å². The number of hydrogen-bond donors (Lipinski definition) is 1. The van der Waals surface area contributed by atoms with Crippen LogP contribution >= 0.6 is 0 Å². The van der Waals surface area contributed by atoms with Crippen molar-refractivity contribution in [3.8, 4) is 22.6 Å². The van der Waals surface area contributed by atoms with Gasteiger partial charge in [0.15, 0.2) is 5.65 Å². The van der Waals surface area contributed by atoms with Gasteiger partial charge in [0.05, 0.1) is 24.3 Å². The molecule has 1 amide bonds. The second-order valence-electron chi connectivity index (χ2n) is 10.3. The molecule has 1 N–H and O–H groups in total. The molecule has 2 atom stereocenters. The van der Waals surface area contributed by atoms with Gasteiger partial charge in [-0.1, -0.05) is 49.9 Å². The van der Waals surface area contributed by atoms with E-state index in [9.17, 15) is 14.0 Å². The summed E-state index contributed by atoms with van der Waals surface area (Å²) in [6.07, 6.45) is 10.9. The van der Waals surface area contributed by atoms with E-state index < -0.39 is 6.67 Å². The molecule has 4 aromatic rings. The lowest BCUT2D eigenvalue weighted by molar-refractivity contribution is 0.0142. The van der Waals surface area contributed by atoms with E-state index in [1.165, 1.54) is 60.4 Å². The zero-order valence-electron chi connectivity index (χ0n) is 20.7.